The highest BCUT2D eigenvalue weighted by atomic mass is 16.5. The van der Waals surface area contributed by atoms with Crippen molar-refractivity contribution in [2.75, 3.05) is 7.11 Å². The van der Waals surface area contributed by atoms with Gasteiger partial charge in [-0.2, -0.15) is 9.67 Å². The summed E-state index contributed by atoms with van der Waals surface area (Å²) in [6, 6.07) is 6.03. The molecule has 0 N–H and O–H groups in total. The fourth-order valence-electron chi connectivity index (χ4n) is 1.30. The molecule has 0 aliphatic carbocycles. The smallest absolute Gasteiger partial charge is 0.335 e. The van der Waals surface area contributed by atoms with Gasteiger partial charge in [0.1, 0.15) is 5.82 Å². The molecule has 0 saturated carbocycles. The number of aryl methyl sites for hydroxylation is 1. The third kappa shape index (κ3) is 1.81. The van der Waals surface area contributed by atoms with Crippen molar-refractivity contribution in [1.82, 2.24) is 19.7 Å². The minimum absolute atomic E-state index is 0.373. The standard InChI is InChI=1S/C10H12N4O/c1-3-8-12-10(15-2)13-14(8)9-6-4-5-7-11-9/h4-7H,3H2,1-2H3. The van der Waals surface area contributed by atoms with Crippen molar-refractivity contribution in [2.45, 2.75) is 13.3 Å². The van der Waals surface area contributed by atoms with Gasteiger partial charge in [0.15, 0.2) is 5.82 Å². The number of rotatable bonds is 3. The van der Waals surface area contributed by atoms with Gasteiger partial charge in [-0.05, 0) is 12.1 Å². The molecule has 2 heterocycles. The molecule has 0 bridgehead atoms. The minimum atomic E-state index is 0.373. The van der Waals surface area contributed by atoms with Crippen LogP contribution in [0.3, 0.4) is 0 Å². The van der Waals surface area contributed by atoms with E-state index in [1.807, 2.05) is 25.1 Å². The normalized spacial score (nSPS) is 10.3. The molecule has 0 aromatic carbocycles. The molecule has 0 radical (unpaired) electrons. The fraction of sp³-hybridized carbons (Fsp3) is 0.300. The van der Waals surface area contributed by atoms with Gasteiger partial charge in [0.25, 0.3) is 0 Å². The maximum Gasteiger partial charge on any atom is 0.335 e. The summed E-state index contributed by atoms with van der Waals surface area (Å²) in [7, 11) is 1.55. The van der Waals surface area contributed by atoms with Crippen LogP contribution in [0.1, 0.15) is 12.7 Å². The van der Waals surface area contributed by atoms with E-state index < -0.39 is 0 Å². The van der Waals surface area contributed by atoms with E-state index in [1.165, 1.54) is 0 Å². The first-order valence-corrected chi connectivity index (χ1v) is 4.76. The molecule has 0 unspecified atom stereocenters. The van der Waals surface area contributed by atoms with Gasteiger partial charge >= 0.3 is 6.01 Å². The second kappa shape index (κ2) is 4.08. The van der Waals surface area contributed by atoms with Gasteiger partial charge in [0.2, 0.25) is 0 Å². The second-order valence-electron chi connectivity index (χ2n) is 2.97. The van der Waals surface area contributed by atoms with E-state index in [2.05, 4.69) is 15.1 Å². The van der Waals surface area contributed by atoms with Crippen LogP contribution in [0.2, 0.25) is 0 Å². The maximum atomic E-state index is 4.99. The Bertz CT molecular complexity index is 438. The van der Waals surface area contributed by atoms with Gasteiger partial charge in [0.05, 0.1) is 7.11 Å². The van der Waals surface area contributed by atoms with Crippen molar-refractivity contribution in [1.29, 1.82) is 0 Å². The first kappa shape index (κ1) is 9.64. The lowest BCUT2D eigenvalue weighted by Gasteiger charge is -2.00. The van der Waals surface area contributed by atoms with Crippen molar-refractivity contribution in [2.24, 2.45) is 0 Å². The molecule has 2 aromatic heterocycles. The van der Waals surface area contributed by atoms with Crippen LogP contribution in [-0.2, 0) is 6.42 Å². The molecule has 0 spiro atoms. The highest BCUT2D eigenvalue weighted by Gasteiger charge is 2.10. The summed E-state index contributed by atoms with van der Waals surface area (Å²) in [6.45, 7) is 2.02. The first-order chi connectivity index (χ1) is 7.35. The van der Waals surface area contributed by atoms with E-state index in [4.69, 9.17) is 4.74 Å². The Labute approximate surface area is 87.7 Å². The lowest BCUT2D eigenvalue weighted by molar-refractivity contribution is 0.379. The van der Waals surface area contributed by atoms with Gasteiger partial charge < -0.3 is 4.74 Å². The molecule has 5 nitrogen and oxygen atoms in total. The van der Waals surface area contributed by atoms with Gasteiger partial charge in [-0.1, -0.05) is 13.0 Å². The third-order valence-electron chi connectivity index (χ3n) is 2.02. The lowest BCUT2D eigenvalue weighted by Crippen LogP contribution is -2.03. The van der Waals surface area contributed by atoms with E-state index in [9.17, 15) is 0 Å². The van der Waals surface area contributed by atoms with Crippen LogP contribution in [-0.4, -0.2) is 26.9 Å². The van der Waals surface area contributed by atoms with Crippen LogP contribution < -0.4 is 4.74 Å². The van der Waals surface area contributed by atoms with E-state index in [0.717, 1.165) is 18.1 Å². The molecule has 2 rings (SSSR count). The molecule has 0 atom stereocenters. The van der Waals surface area contributed by atoms with Crippen LogP contribution in [0.25, 0.3) is 5.82 Å². The zero-order valence-electron chi connectivity index (χ0n) is 8.71. The average molecular weight is 204 g/mol. The van der Waals surface area contributed by atoms with Crippen molar-refractivity contribution in [3.63, 3.8) is 0 Å². The van der Waals surface area contributed by atoms with Gasteiger partial charge in [-0.25, -0.2) is 4.98 Å². The monoisotopic (exact) mass is 204 g/mol. The van der Waals surface area contributed by atoms with E-state index in [0.29, 0.717) is 6.01 Å². The van der Waals surface area contributed by atoms with Gasteiger partial charge in [0, 0.05) is 12.6 Å². The molecule has 5 heteroatoms. The topological polar surface area (TPSA) is 52.8 Å². The van der Waals surface area contributed by atoms with Crippen LogP contribution in [0, 0.1) is 0 Å². The third-order valence-corrected chi connectivity index (χ3v) is 2.02. The Morgan fingerprint density at radius 1 is 1.40 bits per heavy atom. The Balaban J connectivity index is 2.47. The SMILES string of the molecule is CCc1nc(OC)nn1-c1ccccn1. The summed E-state index contributed by atoms with van der Waals surface area (Å²) in [5.41, 5.74) is 0. The number of ether oxygens (including phenoxy) is 1. The summed E-state index contributed by atoms with van der Waals surface area (Å²) >= 11 is 0. The number of methoxy groups -OCH3 is 1. The molecular weight excluding hydrogens is 192 g/mol. The Kier molecular flexibility index (Phi) is 2.62. The average Bonchev–Trinajstić information content (AvgIpc) is 2.73. The van der Waals surface area contributed by atoms with Crippen LogP contribution in [0.15, 0.2) is 24.4 Å². The van der Waals surface area contributed by atoms with Crippen molar-refractivity contribution >= 4 is 0 Å². The quantitative estimate of drug-likeness (QED) is 0.754. The Morgan fingerprint density at radius 3 is 2.87 bits per heavy atom. The fourth-order valence-corrected chi connectivity index (χ4v) is 1.30. The predicted molar refractivity (Wildman–Crippen MR) is 55.1 cm³/mol. The minimum Gasteiger partial charge on any atom is -0.466 e. The second-order valence-corrected chi connectivity index (χ2v) is 2.97. The van der Waals surface area contributed by atoms with E-state index in [-0.39, 0.29) is 0 Å². The molecular formula is C10H12N4O. The Hall–Kier alpha value is -1.91. The van der Waals surface area contributed by atoms with Crippen LogP contribution >= 0.6 is 0 Å². The Morgan fingerprint density at radius 2 is 2.27 bits per heavy atom. The highest BCUT2D eigenvalue weighted by Crippen LogP contribution is 2.11. The zero-order valence-corrected chi connectivity index (χ0v) is 8.71. The molecule has 15 heavy (non-hydrogen) atoms. The largest absolute Gasteiger partial charge is 0.466 e. The van der Waals surface area contributed by atoms with Crippen LogP contribution in [0.5, 0.6) is 6.01 Å². The van der Waals surface area contributed by atoms with Crippen molar-refractivity contribution < 1.29 is 4.74 Å². The van der Waals surface area contributed by atoms with Crippen LogP contribution in [0.4, 0.5) is 0 Å². The van der Waals surface area contributed by atoms with Crippen molar-refractivity contribution in [3.05, 3.63) is 30.2 Å². The van der Waals surface area contributed by atoms with E-state index in [1.54, 1.807) is 18.0 Å². The summed E-state index contributed by atoms with van der Waals surface area (Å²) in [6.07, 6.45) is 2.51. The number of nitrogens with zero attached hydrogens (tertiary/aromatic N) is 4. The highest BCUT2D eigenvalue weighted by molar-refractivity contribution is 5.22. The van der Waals surface area contributed by atoms with Gasteiger partial charge in [-0.3, -0.25) is 0 Å². The lowest BCUT2D eigenvalue weighted by atomic mass is 10.4. The number of hydrogen-bond acceptors (Lipinski definition) is 4. The summed E-state index contributed by atoms with van der Waals surface area (Å²) in [4.78, 5) is 8.42. The first-order valence-electron chi connectivity index (χ1n) is 4.76. The number of aromatic nitrogens is 4. The molecule has 78 valence electrons. The van der Waals surface area contributed by atoms with E-state index >= 15 is 0 Å². The molecule has 0 fully saturated rings. The predicted octanol–water partition coefficient (Wildman–Crippen LogP) is 1.23. The maximum absolute atomic E-state index is 4.99. The molecule has 0 saturated heterocycles. The van der Waals surface area contributed by atoms with Gasteiger partial charge in [-0.15, -0.1) is 5.10 Å². The molecule has 0 aliphatic heterocycles. The number of hydrogen-bond donors (Lipinski definition) is 0. The molecule has 0 amide bonds. The summed E-state index contributed by atoms with van der Waals surface area (Å²) < 4.78 is 6.68. The number of pyridine rings is 1. The molecule has 2 aromatic rings. The summed E-state index contributed by atoms with van der Waals surface area (Å²) in [5.74, 6) is 1.59. The molecule has 0 aliphatic rings. The summed E-state index contributed by atoms with van der Waals surface area (Å²) in [5, 5.41) is 4.19. The van der Waals surface area contributed by atoms with Crippen molar-refractivity contribution in [3.8, 4) is 11.8 Å². The zero-order chi connectivity index (χ0) is 10.7.